The van der Waals surface area contributed by atoms with Crippen LogP contribution in [0, 0.1) is 27.7 Å². The van der Waals surface area contributed by atoms with Gasteiger partial charge in [0.05, 0.1) is 0 Å². The van der Waals surface area contributed by atoms with E-state index < -0.39 is 0 Å². The Hall–Kier alpha value is -2.30. The van der Waals surface area contributed by atoms with Gasteiger partial charge in [0.15, 0.2) is 0 Å². The molecule has 0 saturated heterocycles. The second kappa shape index (κ2) is 5.60. The molecular weight excluding hydrogens is 360 g/mol. The van der Waals surface area contributed by atoms with Gasteiger partial charge in [-0.3, -0.25) is 0 Å². The summed E-state index contributed by atoms with van der Waals surface area (Å²) in [4.78, 5) is 5.04. The lowest BCUT2D eigenvalue weighted by atomic mass is 9.99. The van der Waals surface area contributed by atoms with Gasteiger partial charge in [0, 0.05) is 41.4 Å². The van der Waals surface area contributed by atoms with Crippen LogP contribution in [0.2, 0.25) is 0 Å². The monoisotopic (exact) mass is 378 g/mol. The summed E-state index contributed by atoms with van der Waals surface area (Å²) in [7, 11) is 0. The number of hydrogen-bond donors (Lipinski definition) is 0. The van der Waals surface area contributed by atoms with Gasteiger partial charge < -0.3 is 8.83 Å². The Bertz CT molecular complexity index is 1120. The van der Waals surface area contributed by atoms with Crippen LogP contribution in [0.15, 0.2) is 45.2 Å². The molecule has 4 heteroatoms. The molecule has 26 heavy (non-hydrogen) atoms. The maximum atomic E-state index is 6.22. The first-order valence-electron chi connectivity index (χ1n) is 8.61. The van der Waals surface area contributed by atoms with Gasteiger partial charge in [-0.25, -0.2) is 0 Å². The Balaban J connectivity index is 2.00. The zero-order valence-corrected chi connectivity index (χ0v) is 16.7. The van der Waals surface area contributed by atoms with Crippen molar-refractivity contribution in [2.45, 2.75) is 27.7 Å². The van der Waals surface area contributed by atoms with Crippen molar-refractivity contribution in [1.82, 2.24) is 0 Å². The quantitative estimate of drug-likeness (QED) is 0.312. The predicted molar refractivity (Wildman–Crippen MR) is 112 cm³/mol. The minimum atomic E-state index is 0.924. The van der Waals surface area contributed by atoms with Crippen LogP contribution < -0.4 is 0 Å². The van der Waals surface area contributed by atoms with Crippen LogP contribution in [0.25, 0.3) is 42.8 Å². The predicted octanol–water partition coefficient (Wildman–Crippen LogP) is 7.87. The largest absolute Gasteiger partial charge is 0.461 e. The molecule has 0 atom stereocenters. The van der Waals surface area contributed by atoms with E-state index in [4.69, 9.17) is 8.83 Å². The fourth-order valence-electron chi connectivity index (χ4n) is 3.64. The first-order chi connectivity index (χ1) is 12.5. The van der Waals surface area contributed by atoms with E-state index in [-0.39, 0.29) is 0 Å². The Morgan fingerprint density at radius 1 is 0.615 bits per heavy atom. The maximum absolute atomic E-state index is 6.22. The van der Waals surface area contributed by atoms with Crippen LogP contribution >= 0.6 is 22.7 Å². The van der Waals surface area contributed by atoms with Crippen LogP contribution in [0.5, 0.6) is 0 Å². The number of fused-ring (bicyclic) bond motifs is 2. The smallest absolute Gasteiger partial charge is 0.144 e. The van der Waals surface area contributed by atoms with Crippen LogP contribution in [0.4, 0.5) is 0 Å². The fraction of sp³-hybridized carbons (Fsp3) is 0.182. The molecule has 4 heterocycles. The first-order valence-corrected chi connectivity index (χ1v) is 10.2. The first kappa shape index (κ1) is 15.9. The van der Waals surface area contributed by atoms with E-state index in [1.807, 2.05) is 13.8 Å². The fourth-order valence-corrected chi connectivity index (χ4v) is 5.49. The van der Waals surface area contributed by atoms with E-state index >= 15 is 0 Å². The van der Waals surface area contributed by atoms with Crippen molar-refractivity contribution in [3.8, 4) is 20.9 Å². The van der Waals surface area contributed by atoms with Crippen molar-refractivity contribution in [2.24, 2.45) is 0 Å². The van der Waals surface area contributed by atoms with Gasteiger partial charge in [-0.2, -0.15) is 0 Å². The summed E-state index contributed by atoms with van der Waals surface area (Å²) in [6, 6.07) is 13.0. The highest BCUT2D eigenvalue weighted by atomic mass is 32.1. The van der Waals surface area contributed by atoms with Gasteiger partial charge >= 0.3 is 0 Å². The highest BCUT2D eigenvalue weighted by molar-refractivity contribution is 7.16. The van der Waals surface area contributed by atoms with E-state index in [2.05, 4.69) is 50.2 Å². The second-order valence-corrected chi connectivity index (χ2v) is 9.35. The summed E-state index contributed by atoms with van der Waals surface area (Å²) in [5.74, 6) is 1.85. The Labute approximate surface area is 159 Å². The number of furan rings is 2. The van der Waals surface area contributed by atoms with Crippen LogP contribution in [0.1, 0.15) is 21.3 Å². The number of hydrogen-bond acceptors (Lipinski definition) is 4. The summed E-state index contributed by atoms with van der Waals surface area (Å²) >= 11 is 3.59. The third-order valence-electron chi connectivity index (χ3n) is 4.68. The van der Waals surface area contributed by atoms with Gasteiger partial charge in [-0.05, 0) is 64.1 Å². The van der Waals surface area contributed by atoms with Gasteiger partial charge in [-0.1, -0.05) is 0 Å². The topological polar surface area (TPSA) is 26.3 Å². The van der Waals surface area contributed by atoms with E-state index in [0.29, 0.717) is 0 Å². The molecule has 0 fully saturated rings. The number of rotatable bonds is 2. The molecule has 5 rings (SSSR count). The van der Waals surface area contributed by atoms with Crippen molar-refractivity contribution in [3.63, 3.8) is 0 Å². The molecular formula is C22H18O2S2. The van der Waals surface area contributed by atoms with E-state index in [1.165, 1.54) is 19.5 Å². The highest BCUT2D eigenvalue weighted by Crippen LogP contribution is 2.48. The summed E-state index contributed by atoms with van der Waals surface area (Å²) in [6.07, 6.45) is 0. The highest BCUT2D eigenvalue weighted by Gasteiger charge is 2.24. The van der Waals surface area contributed by atoms with Crippen LogP contribution in [-0.4, -0.2) is 0 Å². The van der Waals surface area contributed by atoms with Crippen molar-refractivity contribution in [1.29, 1.82) is 0 Å². The van der Waals surface area contributed by atoms with Gasteiger partial charge in [-0.15, -0.1) is 22.7 Å². The van der Waals surface area contributed by atoms with E-state index in [0.717, 1.165) is 44.6 Å². The molecule has 2 nitrogen and oxygen atoms in total. The molecule has 0 bridgehead atoms. The molecule has 0 aliphatic rings. The van der Waals surface area contributed by atoms with E-state index in [9.17, 15) is 0 Å². The normalized spacial score (nSPS) is 11.8. The number of benzene rings is 1. The molecule has 0 saturated carbocycles. The second-order valence-electron chi connectivity index (χ2n) is 6.77. The van der Waals surface area contributed by atoms with Crippen LogP contribution in [-0.2, 0) is 0 Å². The summed E-state index contributed by atoms with van der Waals surface area (Å²) in [5.41, 5.74) is 4.21. The number of thiophene rings is 2. The summed E-state index contributed by atoms with van der Waals surface area (Å²) in [5, 5.41) is 2.26. The summed E-state index contributed by atoms with van der Waals surface area (Å²) in [6.45, 7) is 8.30. The summed E-state index contributed by atoms with van der Waals surface area (Å²) < 4.78 is 12.4. The Morgan fingerprint density at radius 3 is 1.38 bits per heavy atom. The molecule has 0 amide bonds. The molecule has 0 radical (unpaired) electrons. The lowest BCUT2D eigenvalue weighted by Crippen LogP contribution is -1.82. The van der Waals surface area contributed by atoms with E-state index in [1.54, 1.807) is 22.7 Å². The van der Waals surface area contributed by atoms with Crippen LogP contribution in [0.3, 0.4) is 0 Å². The molecule has 4 aromatic heterocycles. The molecule has 1 aromatic carbocycles. The van der Waals surface area contributed by atoms with Gasteiger partial charge in [0.2, 0.25) is 0 Å². The zero-order chi connectivity index (χ0) is 18.0. The molecule has 130 valence electrons. The van der Waals surface area contributed by atoms with Crippen molar-refractivity contribution >= 4 is 44.6 Å². The molecule has 5 aromatic rings. The Kier molecular flexibility index (Phi) is 3.43. The lowest BCUT2D eigenvalue weighted by Gasteiger charge is -2.07. The third kappa shape index (κ3) is 2.29. The number of aryl methyl sites for hydroxylation is 4. The zero-order valence-electron chi connectivity index (χ0n) is 15.1. The van der Waals surface area contributed by atoms with Gasteiger partial charge in [0.25, 0.3) is 0 Å². The Morgan fingerprint density at radius 2 is 1.04 bits per heavy atom. The average molecular weight is 379 g/mol. The third-order valence-corrected chi connectivity index (χ3v) is 6.71. The SMILES string of the molecule is Cc1cc2c(-c3ccc(C)s3)c3oc(C)cc3c(-c3ccc(C)s3)c2o1. The molecule has 0 N–H and O–H groups in total. The lowest BCUT2D eigenvalue weighted by molar-refractivity contribution is 0.577. The molecule has 0 unspecified atom stereocenters. The minimum absolute atomic E-state index is 0.924. The van der Waals surface area contributed by atoms with Gasteiger partial charge in [0.1, 0.15) is 22.7 Å². The average Bonchev–Trinajstić information content (AvgIpc) is 3.33. The van der Waals surface area contributed by atoms with Crippen molar-refractivity contribution in [2.75, 3.05) is 0 Å². The molecule has 0 aliphatic carbocycles. The van der Waals surface area contributed by atoms with Crippen molar-refractivity contribution < 1.29 is 8.83 Å². The maximum Gasteiger partial charge on any atom is 0.144 e. The molecule has 0 spiro atoms. The standard InChI is InChI=1S/C22H18O2S2/c1-11-9-15-19(17-7-5-13(3)25-17)22-16(10-12(2)24-22)20(21(15)23-11)18-8-6-14(4)26-18/h5-10H,1-4H3. The molecule has 0 aliphatic heterocycles. The van der Waals surface area contributed by atoms with Crippen molar-refractivity contribution in [3.05, 3.63) is 57.7 Å². The minimum Gasteiger partial charge on any atom is -0.461 e.